The molecule has 0 saturated carbocycles. The summed E-state index contributed by atoms with van der Waals surface area (Å²) < 4.78 is 0. The predicted molar refractivity (Wildman–Crippen MR) is 74.9 cm³/mol. The van der Waals surface area contributed by atoms with Crippen LogP contribution in [0, 0.1) is 31.1 Å². The highest BCUT2D eigenvalue weighted by molar-refractivity contribution is 5.55. The lowest BCUT2D eigenvalue weighted by molar-refractivity contribution is 0.364. The molecule has 5 nitrogen and oxygen atoms in total. The van der Waals surface area contributed by atoms with Gasteiger partial charge in [-0.15, -0.1) is 5.10 Å². The van der Waals surface area contributed by atoms with Crippen molar-refractivity contribution < 1.29 is 0 Å². The summed E-state index contributed by atoms with van der Waals surface area (Å²) in [7, 11) is 0. The Balaban J connectivity index is 1.92. The maximum Gasteiger partial charge on any atom is 0.166 e. The van der Waals surface area contributed by atoms with Gasteiger partial charge >= 0.3 is 0 Å². The fourth-order valence-electron chi connectivity index (χ4n) is 2.43. The van der Waals surface area contributed by atoms with Crippen LogP contribution in [-0.4, -0.2) is 29.8 Å². The fourth-order valence-corrected chi connectivity index (χ4v) is 2.43. The normalized spacial score (nSPS) is 18.9. The summed E-state index contributed by atoms with van der Waals surface area (Å²) >= 11 is 0. The van der Waals surface area contributed by atoms with Gasteiger partial charge in [-0.1, -0.05) is 0 Å². The molecule has 19 heavy (non-hydrogen) atoms. The Morgan fingerprint density at radius 3 is 2.95 bits per heavy atom. The summed E-state index contributed by atoms with van der Waals surface area (Å²) in [6.07, 6.45) is 3.66. The van der Waals surface area contributed by atoms with Crippen molar-refractivity contribution in [3.63, 3.8) is 0 Å². The van der Waals surface area contributed by atoms with Crippen LogP contribution >= 0.6 is 0 Å². The van der Waals surface area contributed by atoms with Crippen molar-refractivity contribution in [2.45, 2.75) is 33.1 Å². The van der Waals surface area contributed by atoms with Gasteiger partial charge in [0.1, 0.15) is 11.6 Å². The third-order valence-electron chi connectivity index (χ3n) is 3.81. The molecule has 1 aliphatic heterocycles. The maximum absolute atomic E-state index is 9.20. The number of hydrogen-bond acceptors (Lipinski definition) is 5. The van der Waals surface area contributed by atoms with E-state index in [1.165, 1.54) is 12.8 Å². The van der Waals surface area contributed by atoms with Crippen LogP contribution in [0.4, 0.5) is 5.82 Å². The lowest BCUT2D eigenvalue weighted by Gasteiger charge is -2.22. The molecule has 1 aromatic rings. The Labute approximate surface area is 114 Å². The number of nitriles is 1. The van der Waals surface area contributed by atoms with Crippen molar-refractivity contribution >= 4 is 5.82 Å². The Kier molecular flexibility index (Phi) is 4.69. The van der Waals surface area contributed by atoms with E-state index in [1.54, 1.807) is 0 Å². The average molecular weight is 259 g/mol. The van der Waals surface area contributed by atoms with Gasteiger partial charge in [0.05, 0.1) is 5.69 Å². The topological polar surface area (TPSA) is 73.6 Å². The smallest absolute Gasteiger partial charge is 0.166 e. The molecule has 0 spiro atoms. The molecule has 2 N–H and O–H groups in total. The van der Waals surface area contributed by atoms with Gasteiger partial charge in [0.2, 0.25) is 0 Å². The zero-order valence-electron chi connectivity index (χ0n) is 11.7. The number of nitrogens with zero attached hydrogens (tertiary/aromatic N) is 3. The molecule has 0 aromatic carbocycles. The average Bonchev–Trinajstić information content (AvgIpc) is 2.44. The molecule has 0 bridgehead atoms. The Morgan fingerprint density at radius 1 is 1.42 bits per heavy atom. The van der Waals surface area contributed by atoms with Crippen molar-refractivity contribution in [2.24, 2.45) is 5.92 Å². The SMILES string of the molecule is Cc1nnc(NCCC2CCCNC2)c(C#N)c1C. The lowest BCUT2D eigenvalue weighted by atomic mass is 9.96. The molecule has 1 aliphatic rings. The molecule has 1 unspecified atom stereocenters. The van der Waals surface area contributed by atoms with Gasteiger partial charge in [-0.3, -0.25) is 0 Å². The minimum absolute atomic E-state index is 0.620. The highest BCUT2D eigenvalue weighted by Gasteiger charge is 2.14. The van der Waals surface area contributed by atoms with E-state index in [4.69, 9.17) is 0 Å². The van der Waals surface area contributed by atoms with Crippen LogP contribution in [-0.2, 0) is 0 Å². The standard InChI is InChI=1S/C14H21N5/c1-10-11(2)18-19-14(13(10)8-15)17-7-5-12-4-3-6-16-9-12/h12,16H,3-7,9H2,1-2H3,(H,17,19). The first-order chi connectivity index (χ1) is 9.22. The molecule has 1 aromatic heterocycles. The molecule has 1 fully saturated rings. The first kappa shape index (κ1) is 13.8. The summed E-state index contributed by atoms with van der Waals surface area (Å²) in [6, 6.07) is 2.22. The maximum atomic E-state index is 9.20. The van der Waals surface area contributed by atoms with E-state index in [0.29, 0.717) is 11.4 Å². The van der Waals surface area contributed by atoms with Crippen LogP contribution in [0.3, 0.4) is 0 Å². The quantitative estimate of drug-likeness (QED) is 0.862. The van der Waals surface area contributed by atoms with Crippen molar-refractivity contribution in [3.05, 3.63) is 16.8 Å². The van der Waals surface area contributed by atoms with Crippen LogP contribution in [0.25, 0.3) is 0 Å². The zero-order valence-corrected chi connectivity index (χ0v) is 11.7. The molecule has 2 rings (SSSR count). The number of aromatic nitrogens is 2. The number of hydrogen-bond donors (Lipinski definition) is 2. The number of nitrogens with one attached hydrogen (secondary N) is 2. The van der Waals surface area contributed by atoms with E-state index >= 15 is 0 Å². The second kappa shape index (κ2) is 6.48. The van der Waals surface area contributed by atoms with Gasteiger partial charge in [-0.2, -0.15) is 10.4 Å². The molecule has 2 heterocycles. The lowest BCUT2D eigenvalue weighted by Crippen LogP contribution is -2.30. The van der Waals surface area contributed by atoms with E-state index in [1.807, 2.05) is 13.8 Å². The molecule has 102 valence electrons. The first-order valence-corrected chi connectivity index (χ1v) is 6.91. The number of piperidine rings is 1. The van der Waals surface area contributed by atoms with E-state index in [2.05, 4.69) is 26.9 Å². The van der Waals surface area contributed by atoms with E-state index in [0.717, 1.165) is 43.2 Å². The zero-order chi connectivity index (χ0) is 13.7. The van der Waals surface area contributed by atoms with Crippen LogP contribution < -0.4 is 10.6 Å². The van der Waals surface area contributed by atoms with Crippen molar-refractivity contribution in [1.82, 2.24) is 15.5 Å². The Morgan fingerprint density at radius 2 is 2.26 bits per heavy atom. The largest absolute Gasteiger partial charge is 0.367 e. The van der Waals surface area contributed by atoms with Gasteiger partial charge in [-0.25, -0.2) is 0 Å². The van der Waals surface area contributed by atoms with Gasteiger partial charge in [0.25, 0.3) is 0 Å². The number of anilines is 1. The van der Waals surface area contributed by atoms with E-state index in [-0.39, 0.29) is 0 Å². The molecule has 5 heteroatoms. The van der Waals surface area contributed by atoms with E-state index < -0.39 is 0 Å². The molecule has 1 saturated heterocycles. The fraction of sp³-hybridized carbons (Fsp3) is 0.643. The van der Waals surface area contributed by atoms with Crippen molar-refractivity contribution in [3.8, 4) is 6.07 Å². The van der Waals surface area contributed by atoms with Gasteiger partial charge in [0, 0.05) is 6.54 Å². The second-order valence-electron chi connectivity index (χ2n) is 5.17. The van der Waals surface area contributed by atoms with Gasteiger partial charge < -0.3 is 10.6 Å². The molecular weight excluding hydrogens is 238 g/mol. The van der Waals surface area contributed by atoms with Crippen LogP contribution in [0.15, 0.2) is 0 Å². The predicted octanol–water partition coefficient (Wildman–Crippen LogP) is 1.77. The monoisotopic (exact) mass is 259 g/mol. The third kappa shape index (κ3) is 3.42. The highest BCUT2D eigenvalue weighted by Crippen LogP contribution is 2.18. The molecule has 0 amide bonds. The van der Waals surface area contributed by atoms with Crippen LogP contribution in [0.2, 0.25) is 0 Å². The Bertz CT molecular complexity index is 471. The minimum atomic E-state index is 0.620. The molecule has 1 atom stereocenters. The van der Waals surface area contributed by atoms with Gasteiger partial charge in [0.15, 0.2) is 5.82 Å². The van der Waals surface area contributed by atoms with E-state index in [9.17, 15) is 5.26 Å². The molecule has 0 aliphatic carbocycles. The van der Waals surface area contributed by atoms with Gasteiger partial charge in [-0.05, 0) is 57.7 Å². The third-order valence-corrected chi connectivity index (χ3v) is 3.81. The van der Waals surface area contributed by atoms with Crippen molar-refractivity contribution in [2.75, 3.05) is 25.0 Å². The summed E-state index contributed by atoms with van der Waals surface area (Å²) in [5, 5.41) is 24.0. The van der Waals surface area contributed by atoms with Crippen molar-refractivity contribution in [1.29, 1.82) is 5.26 Å². The summed E-state index contributed by atoms with van der Waals surface area (Å²) in [4.78, 5) is 0. The molecule has 0 radical (unpaired) electrons. The van der Waals surface area contributed by atoms with Crippen LogP contribution in [0.5, 0.6) is 0 Å². The second-order valence-corrected chi connectivity index (χ2v) is 5.17. The summed E-state index contributed by atoms with van der Waals surface area (Å²) in [5.41, 5.74) is 2.35. The number of aryl methyl sites for hydroxylation is 1. The first-order valence-electron chi connectivity index (χ1n) is 6.91. The Hall–Kier alpha value is -1.67. The highest BCUT2D eigenvalue weighted by atomic mass is 15.2. The minimum Gasteiger partial charge on any atom is -0.367 e. The van der Waals surface area contributed by atoms with Crippen LogP contribution in [0.1, 0.15) is 36.1 Å². The number of rotatable bonds is 4. The molecular formula is C14H21N5. The summed E-state index contributed by atoms with van der Waals surface area (Å²) in [5.74, 6) is 1.35. The summed E-state index contributed by atoms with van der Waals surface area (Å²) in [6.45, 7) is 6.88.